The maximum atomic E-state index is 10.8. The van der Waals surface area contributed by atoms with Crippen LogP contribution in [0.3, 0.4) is 0 Å². The lowest BCUT2D eigenvalue weighted by atomic mass is 10.00. The van der Waals surface area contributed by atoms with Gasteiger partial charge in [-0.05, 0) is 29.8 Å². The highest BCUT2D eigenvalue weighted by molar-refractivity contribution is 5.55. The van der Waals surface area contributed by atoms with Crippen LogP contribution in [0.1, 0.15) is 28.4 Å². The minimum Gasteiger partial charge on any atom is -0.493 e. The minimum atomic E-state index is -0.739. The van der Waals surface area contributed by atoms with Crippen molar-refractivity contribution in [3.05, 3.63) is 77.1 Å². The summed E-state index contributed by atoms with van der Waals surface area (Å²) in [5.74, 6) is 2.72. The van der Waals surface area contributed by atoms with Crippen LogP contribution in [0, 0.1) is 0 Å². The average molecular weight is 437 g/mol. The van der Waals surface area contributed by atoms with Gasteiger partial charge in [0.15, 0.2) is 11.5 Å². The normalized spacial score (nSPS) is 14.6. The molecule has 1 aliphatic rings. The molecule has 1 atom stereocenters. The Morgan fingerprint density at radius 1 is 1.03 bits per heavy atom. The summed E-state index contributed by atoms with van der Waals surface area (Å²) in [6.07, 6.45) is 2.64. The van der Waals surface area contributed by atoms with E-state index in [4.69, 9.17) is 18.9 Å². The molecule has 0 fully saturated rings. The summed E-state index contributed by atoms with van der Waals surface area (Å²) in [7, 11) is 4.85. The molecule has 32 heavy (non-hydrogen) atoms. The van der Waals surface area contributed by atoms with Crippen molar-refractivity contribution in [3.8, 4) is 23.0 Å². The average Bonchev–Trinajstić information content (AvgIpc) is 3.04. The van der Waals surface area contributed by atoms with Crippen LogP contribution in [0.2, 0.25) is 0 Å². The van der Waals surface area contributed by atoms with Crippen molar-refractivity contribution in [1.29, 1.82) is 0 Å². The van der Waals surface area contributed by atoms with Gasteiger partial charge in [0.2, 0.25) is 5.75 Å². The predicted octanol–water partition coefficient (Wildman–Crippen LogP) is 3.58. The summed E-state index contributed by atoms with van der Waals surface area (Å²) in [5, 5.41) is 10.8. The molecule has 0 radical (unpaired) electrons. The molecule has 3 aromatic rings. The van der Waals surface area contributed by atoms with E-state index < -0.39 is 6.10 Å². The predicted molar refractivity (Wildman–Crippen MR) is 120 cm³/mol. The number of aromatic nitrogens is 1. The van der Waals surface area contributed by atoms with Crippen LogP contribution >= 0.6 is 0 Å². The number of hydrogen-bond donors (Lipinski definition) is 1. The van der Waals surface area contributed by atoms with Crippen LogP contribution in [0.25, 0.3) is 0 Å². The summed E-state index contributed by atoms with van der Waals surface area (Å²) in [5.41, 5.74) is 3.60. The van der Waals surface area contributed by atoms with Crippen LogP contribution in [-0.4, -0.2) is 49.5 Å². The number of aliphatic hydroxyl groups is 1. The summed E-state index contributed by atoms with van der Waals surface area (Å²) in [6, 6.07) is 13.4. The Labute approximate surface area is 188 Å². The zero-order chi connectivity index (χ0) is 22.5. The fourth-order valence-electron chi connectivity index (χ4n) is 4.03. The minimum absolute atomic E-state index is 0.576. The van der Waals surface area contributed by atoms with Crippen LogP contribution in [0.5, 0.6) is 23.0 Å². The van der Waals surface area contributed by atoms with Gasteiger partial charge in [-0.25, -0.2) is 0 Å². The van der Waals surface area contributed by atoms with E-state index in [0.717, 1.165) is 34.5 Å². The molecule has 0 amide bonds. The topological polar surface area (TPSA) is 73.3 Å². The molecule has 1 aliphatic heterocycles. The van der Waals surface area contributed by atoms with E-state index in [0.29, 0.717) is 36.9 Å². The van der Waals surface area contributed by atoms with Gasteiger partial charge < -0.3 is 24.1 Å². The van der Waals surface area contributed by atoms with E-state index in [1.54, 1.807) is 33.7 Å². The Kier molecular flexibility index (Phi) is 6.78. The molecule has 0 aliphatic carbocycles. The number of ether oxygens (including phenoxy) is 4. The quantitative estimate of drug-likeness (QED) is 0.607. The van der Waals surface area contributed by atoms with Gasteiger partial charge in [-0.15, -0.1) is 0 Å². The number of rotatable bonds is 7. The van der Waals surface area contributed by atoms with Crippen molar-refractivity contribution in [2.75, 3.05) is 34.5 Å². The number of benzene rings is 2. The molecule has 168 valence electrons. The molecule has 7 heteroatoms. The Balaban J connectivity index is 1.59. The van der Waals surface area contributed by atoms with Crippen molar-refractivity contribution in [2.24, 2.45) is 0 Å². The SMILES string of the molecule is COc1ccc(CN2CCOc3ccc(C(O)c4cccnc4)cc3C2)c(OC)c1OC. The maximum Gasteiger partial charge on any atom is 0.203 e. The fourth-order valence-corrected chi connectivity index (χ4v) is 4.03. The van der Waals surface area contributed by atoms with E-state index in [1.807, 2.05) is 42.5 Å². The highest BCUT2D eigenvalue weighted by Crippen LogP contribution is 2.40. The monoisotopic (exact) mass is 436 g/mol. The molecule has 1 N–H and O–H groups in total. The van der Waals surface area contributed by atoms with E-state index in [-0.39, 0.29) is 0 Å². The molecular weight excluding hydrogens is 408 g/mol. The van der Waals surface area contributed by atoms with Crippen LogP contribution in [0.15, 0.2) is 54.9 Å². The molecule has 1 unspecified atom stereocenters. The molecule has 0 saturated carbocycles. The lowest BCUT2D eigenvalue weighted by molar-refractivity contribution is 0.216. The number of fused-ring (bicyclic) bond motifs is 1. The first kappa shape index (κ1) is 21.9. The second kappa shape index (κ2) is 9.89. The largest absolute Gasteiger partial charge is 0.493 e. The third-order valence-corrected chi connectivity index (χ3v) is 5.64. The van der Waals surface area contributed by atoms with E-state index in [9.17, 15) is 5.11 Å². The highest BCUT2D eigenvalue weighted by atomic mass is 16.5. The van der Waals surface area contributed by atoms with E-state index in [2.05, 4.69) is 9.88 Å². The number of methoxy groups -OCH3 is 3. The van der Waals surface area contributed by atoms with Crippen molar-refractivity contribution < 1.29 is 24.1 Å². The van der Waals surface area contributed by atoms with Gasteiger partial charge in [0.25, 0.3) is 0 Å². The van der Waals surface area contributed by atoms with Gasteiger partial charge >= 0.3 is 0 Å². The van der Waals surface area contributed by atoms with Crippen molar-refractivity contribution >= 4 is 0 Å². The first-order valence-corrected chi connectivity index (χ1v) is 10.5. The summed E-state index contributed by atoms with van der Waals surface area (Å²) < 4.78 is 22.6. The lowest BCUT2D eigenvalue weighted by Crippen LogP contribution is -2.25. The number of nitrogens with zero attached hydrogens (tertiary/aromatic N) is 2. The Hall–Kier alpha value is -3.29. The molecule has 2 aromatic carbocycles. The van der Waals surface area contributed by atoms with Gasteiger partial charge in [-0.2, -0.15) is 0 Å². The van der Waals surface area contributed by atoms with Crippen molar-refractivity contribution in [2.45, 2.75) is 19.2 Å². The second-order valence-corrected chi connectivity index (χ2v) is 7.61. The smallest absolute Gasteiger partial charge is 0.203 e. The second-order valence-electron chi connectivity index (χ2n) is 7.61. The number of pyridine rings is 1. The van der Waals surface area contributed by atoms with Crippen molar-refractivity contribution in [3.63, 3.8) is 0 Å². The molecule has 1 aromatic heterocycles. The van der Waals surface area contributed by atoms with E-state index >= 15 is 0 Å². The van der Waals surface area contributed by atoms with Gasteiger partial charge in [-0.1, -0.05) is 18.2 Å². The summed E-state index contributed by atoms with van der Waals surface area (Å²) >= 11 is 0. The standard InChI is InChI=1S/C25H28N2O5/c1-29-22-9-7-19(24(30-2)25(22)31-3)15-27-11-12-32-21-8-6-17(13-20(21)16-27)23(28)18-5-4-10-26-14-18/h4-10,13-14,23,28H,11-12,15-16H2,1-3H3. The molecule has 0 bridgehead atoms. The molecule has 2 heterocycles. The molecule has 7 nitrogen and oxygen atoms in total. The van der Waals surface area contributed by atoms with Crippen LogP contribution in [0.4, 0.5) is 0 Å². The molecular formula is C25H28N2O5. The zero-order valence-corrected chi connectivity index (χ0v) is 18.6. The van der Waals surface area contributed by atoms with Crippen LogP contribution in [-0.2, 0) is 13.1 Å². The fraction of sp³-hybridized carbons (Fsp3) is 0.320. The Bertz CT molecular complexity index is 1060. The van der Waals surface area contributed by atoms with Gasteiger partial charge in [0.05, 0.1) is 21.3 Å². The highest BCUT2D eigenvalue weighted by Gasteiger charge is 2.22. The number of hydrogen-bond acceptors (Lipinski definition) is 7. The summed E-state index contributed by atoms with van der Waals surface area (Å²) in [6.45, 7) is 2.67. The lowest BCUT2D eigenvalue weighted by Gasteiger charge is -2.22. The number of aliphatic hydroxyl groups excluding tert-OH is 1. The van der Waals surface area contributed by atoms with Gasteiger partial charge in [0, 0.05) is 48.7 Å². The third kappa shape index (κ3) is 4.49. The van der Waals surface area contributed by atoms with Gasteiger partial charge in [0.1, 0.15) is 18.5 Å². The first-order chi connectivity index (χ1) is 15.6. The Morgan fingerprint density at radius 2 is 1.88 bits per heavy atom. The van der Waals surface area contributed by atoms with Crippen molar-refractivity contribution in [1.82, 2.24) is 9.88 Å². The molecule has 4 rings (SSSR count). The zero-order valence-electron chi connectivity index (χ0n) is 18.6. The molecule has 0 saturated heterocycles. The van der Waals surface area contributed by atoms with Crippen LogP contribution < -0.4 is 18.9 Å². The molecule has 0 spiro atoms. The summed E-state index contributed by atoms with van der Waals surface area (Å²) in [4.78, 5) is 6.40. The van der Waals surface area contributed by atoms with Gasteiger partial charge in [-0.3, -0.25) is 9.88 Å². The maximum absolute atomic E-state index is 10.8. The third-order valence-electron chi connectivity index (χ3n) is 5.64. The first-order valence-electron chi connectivity index (χ1n) is 10.5. The Morgan fingerprint density at radius 3 is 2.59 bits per heavy atom. The van der Waals surface area contributed by atoms with E-state index in [1.165, 1.54) is 0 Å².